The Hall–Kier alpha value is -1.40. The van der Waals surface area contributed by atoms with Crippen molar-refractivity contribution in [2.45, 2.75) is 4.90 Å². The van der Waals surface area contributed by atoms with Gasteiger partial charge < -0.3 is 19.7 Å². The molecule has 1 fully saturated rings. The first-order chi connectivity index (χ1) is 9.74. The highest BCUT2D eigenvalue weighted by molar-refractivity contribution is 8.00. The SMILES string of the molecule is COc1ccc(SCC(=O)N2CCNCC2)cc1OC. The summed E-state index contributed by atoms with van der Waals surface area (Å²) in [7, 11) is 3.22. The van der Waals surface area contributed by atoms with E-state index in [4.69, 9.17) is 9.47 Å². The molecule has 20 heavy (non-hydrogen) atoms. The lowest BCUT2D eigenvalue weighted by molar-refractivity contribution is -0.128. The predicted octanol–water partition coefficient (Wildman–Crippen LogP) is 1.23. The number of ether oxygens (including phenoxy) is 2. The summed E-state index contributed by atoms with van der Waals surface area (Å²) >= 11 is 1.52. The maximum absolute atomic E-state index is 12.1. The highest BCUT2D eigenvalue weighted by atomic mass is 32.2. The normalized spacial score (nSPS) is 15.0. The topological polar surface area (TPSA) is 50.8 Å². The minimum absolute atomic E-state index is 0.186. The van der Waals surface area contributed by atoms with Crippen molar-refractivity contribution in [3.63, 3.8) is 0 Å². The van der Waals surface area contributed by atoms with E-state index in [1.165, 1.54) is 11.8 Å². The maximum Gasteiger partial charge on any atom is 0.233 e. The van der Waals surface area contributed by atoms with Crippen LogP contribution in [0.3, 0.4) is 0 Å². The molecule has 0 radical (unpaired) electrons. The summed E-state index contributed by atoms with van der Waals surface area (Å²) in [6.45, 7) is 3.36. The van der Waals surface area contributed by atoms with E-state index in [0.717, 1.165) is 31.1 Å². The number of nitrogens with zero attached hydrogens (tertiary/aromatic N) is 1. The molecule has 0 aromatic heterocycles. The van der Waals surface area contributed by atoms with E-state index < -0.39 is 0 Å². The number of amides is 1. The molecule has 1 heterocycles. The molecule has 5 nitrogen and oxygen atoms in total. The van der Waals surface area contributed by atoms with E-state index >= 15 is 0 Å². The first-order valence-corrected chi connectivity index (χ1v) is 7.56. The van der Waals surface area contributed by atoms with Crippen LogP contribution in [0.1, 0.15) is 0 Å². The van der Waals surface area contributed by atoms with Crippen molar-refractivity contribution in [3.8, 4) is 11.5 Å². The zero-order chi connectivity index (χ0) is 14.4. The van der Waals surface area contributed by atoms with Crippen molar-refractivity contribution in [1.29, 1.82) is 0 Å². The van der Waals surface area contributed by atoms with Crippen LogP contribution in [0.15, 0.2) is 23.1 Å². The van der Waals surface area contributed by atoms with Crippen molar-refractivity contribution < 1.29 is 14.3 Å². The van der Waals surface area contributed by atoms with Gasteiger partial charge in [0.15, 0.2) is 11.5 Å². The van der Waals surface area contributed by atoms with Crippen LogP contribution in [0.25, 0.3) is 0 Å². The molecule has 6 heteroatoms. The van der Waals surface area contributed by atoms with E-state index in [1.807, 2.05) is 23.1 Å². The Morgan fingerprint density at radius 1 is 1.25 bits per heavy atom. The molecule has 0 saturated carbocycles. The maximum atomic E-state index is 12.1. The molecule has 1 aliphatic heterocycles. The molecule has 1 aliphatic rings. The van der Waals surface area contributed by atoms with Crippen LogP contribution in [-0.2, 0) is 4.79 Å². The molecule has 1 aromatic carbocycles. The number of nitrogens with one attached hydrogen (secondary N) is 1. The largest absolute Gasteiger partial charge is 0.493 e. The first kappa shape index (κ1) is 15.0. The zero-order valence-electron chi connectivity index (χ0n) is 11.8. The highest BCUT2D eigenvalue weighted by Crippen LogP contribution is 2.31. The van der Waals surface area contributed by atoms with Gasteiger partial charge in [-0.3, -0.25) is 4.79 Å². The third kappa shape index (κ3) is 3.80. The van der Waals surface area contributed by atoms with Crippen LogP contribution in [-0.4, -0.2) is 57.0 Å². The number of hydrogen-bond donors (Lipinski definition) is 1. The Kier molecular flexibility index (Phi) is 5.55. The molecule has 0 aliphatic carbocycles. The minimum atomic E-state index is 0.186. The second-order valence-electron chi connectivity index (χ2n) is 4.44. The van der Waals surface area contributed by atoms with Crippen LogP contribution < -0.4 is 14.8 Å². The number of rotatable bonds is 5. The molecule has 0 bridgehead atoms. The van der Waals surface area contributed by atoms with Crippen LogP contribution >= 0.6 is 11.8 Å². The van der Waals surface area contributed by atoms with E-state index in [0.29, 0.717) is 17.3 Å². The van der Waals surface area contributed by atoms with Crippen molar-refractivity contribution >= 4 is 17.7 Å². The molecule has 1 saturated heterocycles. The molecule has 0 atom stereocenters. The van der Waals surface area contributed by atoms with Gasteiger partial charge in [-0.15, -0.1) is 11.8 Å². The van der Waals surface area contributed by atoms with Gasteiger partial charge in [0.05, 0.1) is 20.0 Å². The van der Waals surface area contributed by atoms with E-state index in [-0.39, 0.29) is 5.91 Å². The van der Waals surface area contributed by atoms with Crippen LogP contribution in [0.2, 0.25) is 0 Å². The Labute approximate surface area is 123 Å². The lowest BCUT2D eigenvalue weighted by Crippen LogP contribution is -2.47. The molecular formula is C14H20N2O3S. The summed E-state index contributed by atoms with van der Waals surface area (Å²) in [4.78, 5) is 15.0. The monoisotopic (exact) mass is 296 g/mol. The van der Waals surface area contributed by atoms with Gasteiger partial charge >= 0.3 is 0 Å². The van der Waals surface area contributed by atoms with Gasteiger partial charge in [-0.05, 0) is 18.2 Å². The van der Waals surface area contributed by atoms with Gasteiger partial charge in [-0.25, -0.2) is 0 Å². The fourth-order valence-electron chi connectivity index (χ4n) is 2.06. The summed E-state index contributed by atoms with van der Waals surface area (Å²) in [5.41, 5.74) is 0. The number of hydrogen-bond acceptors (Lipinski definition) is 5. The van der Waals surface area contributed by atoms with E-state index in [2.05, 4.69) is 5.32 Å². The second-order valence-corrected chi connectivity index (χ2v) is 5.49. The van der Waals surface area contributed by atoms with Gasteiger partial charge in [0.1, 0.15) is 0 Å². The van der Waals surface area contributed by atoms with Crippen molar-refractivity contribution in [2.24, 2.45) is 0 Å². The molecule has 110 valence electrons. The predicted molar refractivity (Wildman–Crippen MR) is 79.7 cm³/mol. The van der Waals surface area contributed by atoms with Gasteiger partial charge in [0, 0.05) is 31.1 Å². The van der Waals surface area contributed by atoms with Crippen LogP contribution in [0, 0.1) is 0 Å². The van der Waals surface area contributed by atoms with Gasteiger partial charge in [-0.1, -0.05) is 0 Å². The lowest BCUT2D eigenvalue weighted by atomic mass is 10.3. The molecule has 0 spiro atoms. The Bertz CT molecular complexity index is 462. The minimum Gasteiger partial charge on any atom is -0.493 e. The third-order valence-electron chi connectivity index (χ3n) is 3.19. The van der Waals surface area contributed by atoms with Crippen molar-refractivity contribution in [2.75, 3.05) is 46.2 Å². The molecule has 1 aromatic rings. The first-order valence-electron chi connectivity index (χ1n) is 6.58. The summed E-state index contributed by atoms with van der Waals surface area (Å²) in [5, 5.41) is 3.24. The van der Waals surface area contributed by atoms with Crippen molar-refractivity contribution in [1.82, 2.24) is 10.2 Å². The van der Waals surface area contributed by atoms with Crippen LogP contribution in [0.4, 0.5) is 0 Å². The molecule has 1 amide bonds. The fourth-order valence-corrected chi connectivity index (χ4v) is 2.88. The standard InChI is InChI=1S/C14H20N2O3S/c1-18-12-4-3-11(9-13(12)19-2)20-10-14(17)16-7-5-15-6-8-16/h3-4,9,15H,5-8,10H2,1-2H3. The van der Waals surface area contributed by atoms with E-state index in [1.54, 1.807) is 14.2 Å². The fraction of sp³-hybridized carbons (Fsp3) is 0.500. The number of methoxy groups -OCH3 is 2. The smallest absolute Gasteiger partial charge is 0.233 e. The number of carbonyl (C=O) groups excluding carboxylic acids is 1. The molecule has 0 unspecified atom stereocenters. The van der Waals surface area contributed by atoms with Crippen LogP contribution in [0.5, 0.6) is 11.5 Å². The number of piperazine rings is 1. The Morgan fingerprint density at radius 2 is 1.95 bits per heavy atom. The average molecular weight is 296 g/mol. The lowest BCUT2D eigenvalue weighted by Gasteiger charge is -2.27. The van der Waals surface area contributed by atoms with Crippen molar-refractivity contribution in [3.05, 3.63) is 18.2 Å². The summed E-state index contributed by atoms with van der Waals surface area (Å²) in [5.74, 6) is 2.03. The Morgan fingerprint density at radius 3 is 2.60 bits per heavy atom. The highest BCUT2D eigenvalue weighted by Gasteiger charge is 2.16. The number of carbonyl (C=O) groups is 1. The summed E-state index contributed by atoms with van der Waals surface area (Å²) in [6.07, 6.45) is 0. The van der Waals surface area contributed by atoms with Gasteiger partial charge in [-0.2, -0.15) is 0 Å². The Balaban J connectivity index is 1.91. The quantitative estimate of drug-likeness (QED) is 0.828. The third-order valence-corrected chi connectivity index (χ3v) is 4.17. The summed E-state index contributed by atoms with van der Waals surface area (Å²) in [6, 6.07) is 5.70. The number of thioether (sulfide) groups is 1. The summed E-state index contributed by atoms with van der Waals surface area (Å²) < 4.78 is 10.5. The molecule has 2 rings (SSSR count). The van der Waals surface area contributed by atoms with Gasteiger partial charge in [0.2, 0.25) is 5.91 Å². The second kappa shape index (κ2) is 7.40. The van der Waals surface area contributed by atoms with E-state index in [9.17, 15) is 4.79 Å². The molecular weight excluding hydrogens is 276 g/mol. The molecule has 1 N–H and O–H groups in total. The number of benzene rings is 1. The van der Waals surface area contributed by atoms with Gasteiger partial charge in [0.25, 0.3) is 0 Å². The average Bonchev–Trinajstić information content (AvgIpc) is 2.53. The zero-order valence-corrected chi connectivity index (χ0v) is 12.7.